The molecule has 2 N–H and O–H groups in total. The number of hydrogen-bond donors (Lipinski definition) is 2. The molecule has 1 aliphatic rings. The average Bonchev–Trinajstić information content (AvgIpc) is 2.38. The summed E-state index contributed by atoms with van der Waals surface area (Å²) in [7, 11) is -1.98. The largest absolute Gasteiger partial charge is 0.463 e. The van der Waals surface area contributed by atoms with Gasteiger partial charge in [-0.3, -0.25) is 9.59 Å². The monoisotopic (exact) mass is 359 g/mol. The average molecular weight is 360 g/mol. The summed E-state index contributed by atoms with van der Waals surface area (Å²) in [6.45, 7) is 15.8. The van der Waals surface area contributed by atoms with Gasteiger partial charge in [-0.1, -0.05) is 27.7 Å². The number of rotatable bonds is 7. The van der Waals surface area contributed by atoms with E-state index in [1.165, 1.54) is 6.92 Å². The molecule has 0 aromatic carbocycles. The summed E-state index contributed by atoms with van der Waals surface area (Å²) in [4.78, 5) is 22.9. The van der Waals surface area contributed by atoms with Crippen LogP contribution >= 0.6 is 0 Å². The van der Waals surface area contributed by atoms with Gasteiger partial charge in [-0.15, -0.1) is 0 Å². The van der Waals surface area contributed by atoms with Crippen molar-refractivity contribution in [2.75, 3.05) is 6.61 Å². The van der Waals surface area contributed by atoms with E-state index in [1.54, 1.807) is 0 Å². The lowest BCUT2D eigenvalue weighted by Gasteiger charge is -2.47. The number of ether oxygens (including phenoxy) is 1. The number of carbonyl (C=O) groups excluding carboxylic acids is 2. The third kappa shape index (κ3) is 4.80. The lowest BCUT2D eigenvalue weighted by molar-refractivity contribution is -0.150. The molecular weight excluding hydrogens is 326 g/mol. The minimum atomic E-state index is -1.98. The first kappa shape index (κ1) is 21.1. The fraction of sp³-hybridized carbons (Fsp3) is 0.882. The van der Waals surface area contributed by atoms with Crippen molar-refractivity contribution in [2.24, 2.45) is 11.8 Å². The van der Waals surface area contributed by atoms with E-state index in [1.807, 2.05) is 13.8 Å². The second-order valence-corrected chi connectivity index (χ2v) is 13.1. The van der Waals surface area contributed by atoms with E-state index in [4.69, 9.17) is 9.16 Å². The minimum Gasteiger partial charge on any atom is -0.463 e. The van der Waals surface area contributed by atoms with Gasteiger partial charge in [0.1, 0.15) is 6.61 Å². The molecule has 0 bridgehead atoms. The van der Waals surface area contributed by atoms with E-state index in [0.717, 1.165) is 0 Å². The summed E-state index contributed by atoms with van der Waals surface area (Å²) in [5.41, 5.74) is 0. The van der Waals surface area contributed by atoms with E-state index in [0.29, 0.717) is 0 Å². The summed E-state index contributed by atoms with van der Waals surface area (Å²) in [6, 6.07) is -0.178. The van der Waals surface area contributed by atoms with Gasteiger partial charge < -0.3 is 19.6 Å². The number of amides is 1. The van der Waals surface area contributed by atoms with Crippen molar-refractivity contribution < 1.29 is 23.9 Å². The minimum absolute atomic E-state index is 0.0438. The number of nitrogens with one attached hydrogen (secondary N) is 1. The first-order valence-corrected chi connectivity index (χ1v) is 11.5. The molecule has 1 amide bonds. The van der Waals surface area contributed by atoms with Crippen LogP contribution in [0.2, 0.25) is 18.1 Å². The van der Waals surface area contributed by atoms with E-state index >= 15 is 0 Å². The Morgan fingerprint density at radius 3 is 2.29 bits per heavy atom. The molecule has 5 atom stereocenters. The fourth-order valence-corrected chi connectivity index (χ4v) is 4.12. The molecule has 7 heteroatoms. The van der Waals surface area contributed by atoms with Gasteiger partial charge in [-0.05, 0) is 25.1 Å². The van der Waals surface area contributed by atoms with Crippen LogP contribution in [0.4, 0.5) is 0 Å². The van der Waals surface area contributed by atoms with Crippen LogP contribution in [0, 0.1) is 11.8 Å². The van der Waals surface area contributed by atoms with Gasteiger partial charge in [0.2, 0.25) is 5.91 Å². The quantitative estimate of drug-likeness (QED) is 0.413. The topological polar surface area (TPSA) is 84.9 Å². The van der Waals surface area contributed by atoms with Gasteiger partial charge in [0.15, 0.2) is 8.32 Å². The Kier molecular flexibility index (Phi) is 6.63. The fourth-order valence-electron chi connectivity index (χ4n) is 2.69. The van der Waals surface area contributed by atoms with Gasteiger partial charge in [0.25, 0.3) is 0 Å². The number of aliphatic hydroxyl groups excluding tert-OH is 1. The first-order valence-electron chi connectivity index (χ1n) is 8.57. The molecule has 2 unspecified atom stereocenters. The molecule has 1 saturated heterocycles. The molecule has 0 radical (unpaired) electrons. The van der Waals surface area contributed by atoms with Crippen LogP contribution in [-0.2, 0) is 18.8 Å². The summed E-state index contributed by atoms with van der Waals surface area (Å²) in [5, 5.41) is 13.1. The zero-order valence-corrected chi connectivity index (χ0v) is 17.2. The zero-order valence-electron chi connectivity index (χ0n) is 16.2. The Morgan fingerprint density at radius 2 is 1.88 bits per heavy atom. The van der Waals surface area contributed by atoms with Gasteiger partial charge in [-0.2, -0.15) is 0 Å². The van der Waals surface area contributed by atoms with Gasteiger partial charge >= 0.3 is 5.97 Å². The highest BCUT2D eigenvalue weighted by molar-refractivity contribution is 6.74. The third-order valence-electron chi connectivity index (χ3n) is 5.42. The normalized spacial score (nSPS) is 25.3. The lowest BCUT2D eigenvalue weighted by Crippen LogP contribution is -2.67. The zero-order chi connectivity index (χ0) is 18.9. The Balaban J connectivity index is 2.72. The summed E-state index contributed by atoms with van der Waals surface area (Å²) >= 11 is 0. The molecule has 1 heterocycles. The molecule has 0 spiro atoms. The van der Waals surface area contributed by atoms with Crippen LogP contribution in [-0.4, -0.2) is 50.2 Å². The lowest BCUT2D eigenvalue weighted by atomic mass is 9.77. The number of carbonyl (C=O) groups is 2. The third-order valence-corrected chi connectivity index (χ3v) is 10.00. The van der Waals surface area contributed by atoms with Crippen LogP contribution in [0.15, 0.2) is 0 Å². The first-order chi connectivity index (χ1) is 10.8. The van der Waals surface area contributed by atoms with Crippen LogP contribution in [0.5, 0.6) is 0 Å². The van der Waals surface area contributed by atoms with Crippen LogP contribution in [0.3, 0.4) is 0 Å². The molecule has 0 aliphatic carbocycles. The van der Waals surface area contributed by atoms with Gasteiger partial charge in [-0.25, -0.2) is 0 Å². The maximum atomic E-state index is 12.1. The van der Waals surface area contributed by atoms with E-state index in [2.05, 4.69) is 39.2 Å². The maximum Gasteiger partial charge on any atom is 0.302 e. The van der Waals surface area contributed by atoms with Crippen molar-refractivity contribution in [3.8, 4) is 0 Å². The summed E-state index contributed by atoms with van der Waals surface area (Å²) in [6.07, 6.45) is -1.03. The number of hydrogen-bond acceptors (Lipinski definition) is 5. The van der Waals surface area contributed by atoms with Crippen molar-refractivity contribution in [3.63, 3.8) is 0 Å². The molecule has 0 aromatic rings. The SMILES string of the molecule is CC(=O)OCC(O)C(C)[C@H]1NC(=O)[C@@H]1[C@@H](C)O[Si](C)(C)C(C)(C)C. The van der Waals surface area contributed by atoms with Crippen LogP contribution in [0.1, 0.15) is 41.5 Å². The predicted molar refractivity (Wildman–Crippen MR) is 95.0 cm³/mol. The molecule has 24 heavy (non-hydrogen) atoms. The molecule has 140 valence electrons. The van der Waals surface area contributed by atoms with Crippen LogP contribution < -0.4 is 5.32 Å². The van der Waals surface area contributed by atoms with E-state index in [-0.39, 0.29) is 41.5 Å². The van der Waals surface area contributed by atoms with Crippen molar-refractivity contribution in [2.45, 2.75) is 77.9 Å². The summed E-state index contributed by atoms with van der Waals surface area (Å²) in [5.74, 6) is -0.985. The smallest absolute Gasteiger partial charge is 0.302 e. The second-order valence-electron chi connectivity index (χ2n) is 8.37. The van der Waals surface area contributed by atoms with Crippen molar-refractivity contribution in [1.29, 1.82) is 0 Å². The van der Waals surface area contributed by atoms with Crippen molar-refractivity contribution >= 4 is 20.2 Å². The maximum absolute atomic E-state index is 12.1. The molecule has 1 rings (SSSR count). The standard InChI is InChI=1S/C17H33NO5Si/c1-10(13(20)9-22-12(3)19)15-14(16(21)18-15)11(2)23-24(7,8)17(4,5)6/h10-11,13-15,20H,9H2,1-8H3,(H,18,21)/t10?,11-,13?,14-,15-/m1/s1. The van der Waals surface area contributed by atoms with E-state index < -0.39 is 20.4 Å². The highest BCUT2D eigenvalue weighted by Gasteiger charge is 2.50. The highest BCUT2D eigenvalue weighted by Crippen LogP contribution is 2.39. The number of aliphatic hydroxyl groups is 1. The molecule has 6 nitrogen and oxygen atoms in total. The number of β-lactam (4-membered cyclic amide) rings is 1. The van der Waals surface area contributed by atoms with E-state index in [9.17, 15) is 14.7 Å². The Hall–Kier alpha value is -0.923. The van der Waals surface area contributed by atoms with Gasteiger partial charge in [0, 0.05) is 18.9 Å². The summed E-state index contributed by atoms with van der Waals surface area (Å²) < 4.78 is 11.2. The Bertz CT molecular complexity index is 474. The van der Waals surface area contributed by atoms with Crippen molar-refractivity contribution in [3.05, 3.63) is 0 Å². The highest BCUT2D eigenvalue weighted by atomic mass is 28.4. The molecular formula is C17H33NO5Si. The van der Waals surface area contributed by atoms with Crippen molar-refractivity contribution in [1.82, 2.24) is 5.32 Å². The predicted octanol–water partition coefficient (Wildman–Crippen LogP) is 2.07. The molecule has 1 fully saturated rings. The Morgan fingerprint density at radius 1 is 1.33 bits per heavy atom. The van der Waals surface area contributed by atoms with Crippen LogP contribution in [0.25, 0.3) is 0 Å². The molecule has 0 saturated carbocycles. The molecule has 0 aromatic heterocycles. The molecule has 1 aliphatic heterocycles. The number of esters is 1. The second kappa shape index (κ2) is 7.54. The van der Waals surface area contributed by atoms with Gasteiger partial charge in [0.05, 0.1) is 18.1 Å². The Labute approximate surface area is 146 Å².